The highest BCUT2D eigenvalue weighted by Crippen LogP contribution is 2.21. The first-order chi connectivity index (χ1) is 14.5. The maximum absolute atomic E-state index is 12.7. The Morgan fingerprint density at radius 1 is 1.07 bits per heavy atom. The van der Waals surface area contributed by atoms with Crippen LogP contribution in [0.25, 0.3) is 11.4 Å². The van der Waals surface area contributed by atoms with Crippen molar-refractivity contribution >= 4 is 5.91 Å². The normalized spacial score (nSPS) is 10.9. The largest absolute Gasteiger partial charge is 0.497 e. The van der Waals surface area contributed by atoms with Crippen LogP contribution >= 0.6 is 0 Å². The molecule has 0 fully saturated rings. The van der Waals surface area contributed by atoms with E-state index in [0.29, 0.717) is 43.6 Å². The lowest BCUT2D eigenvalue weighted by Crippen LogP contribution is -2.35. The number of methoxy groups -OCH3 is 1. The minimum absolute atomic E-state index is 0.161. The van der Waals surface area contributed by atoms with Gasteiger partial charge in [0.1, 0.15) is 5.75 Å². The molecule has 6 heteroatoms. The molecule has 1 heterocycles. The fraction of sp³-hybridized carbons (Fsp3) is 0.375. The molecule has 30 heavy (non-hydrogen) atoms. The van der Waals surface area contributed by atoms with Gasteiger partial charge in [0, 0.05) is 31.5 Å². The third-order valence-corrected chi connectivity index (χ3v) is 4.84. The topological polar surface area (TPSA) is 68.5 Å². The van der Waals surface area contributed by atoms with E-state index in [4.69, 9.17) is 9.26 Å². The molecule has 1 amide bonds. The van der Waals surface area contributed by atoms with Crippen molar-refractivity contribution in [2.45, 2.75) is 33.1 Å². The SMILES string of the molecule is COc1cccc(-c2noc(CCN(CCc3ccccc3)C(=O)CC(C)C)n2)c1. The van der Waals surface area contributed by atoms with Crippen LogP contribution in [0.3, 0.4) is 0 Å². The van der Waals surface area contributed by atoms with Crippen LogP contribution in [0.2, 0.25) is 0 Å². The summed E-state index contributed by atoms with van der Waals surface area (Å²) in [5.74, 6) is 2.27. The van der Waals surface area contributed by atoms with Gasteiger partial charge < -0.3 is 14.2 Å². The monoisotopic (exact) mass is 407 g/mol. The number of ether oxygens (including phenoxy) is 1. The molecule has 2 aromatic carbocycles. The summed E-state index contributed by atoms with van der Waals surface area (Å²) in [6, 6.07) is 17.8. The van der Waals surface area contributed by atoms with Gasteiger partial charge in [0.25, 0.3) is 0 Å². The number of nitrogens with zero attached hydrogens (tertiary/aromatic N) is 3. The van der Waals surface area contributed by atoms with Crippen LogP contribution in [-0.2, 0) is 17.6 Å². The number of amides is 1. The van der Waals surface area contributed by atoms with E-state index in [1.807, 2.05) is 47.4 Å². The van der Waals surface area contributed by atoms with Crippen LogP contribution in [-0.4, -0.2) is 41.1 Å². The van der Waals surface area contributed by atoms with Gasteiger partial charge in [-0.1, -0.05) is 61.5 Å². The molecule has 6 nitrogen and oxygen atoms in total. The lowest BCUT2D eigenvalue weighted by atomic mass is 10.1. The van der Waals surface area contributed by atoms with Crippen molar-refractivity contribution in [3.8, 4) is 17.1 Å². The maximum atomic E-state index is 12.7. The molecule has 0 aliphatic rings. The first-order valence-corrected chi connectivity index (χ1v) is 10.3. The van der Waals surface area contributed by atoms with E-state index in [0.717, 1.165) is 17.7 Å². The molecule has 0 spiro atoms. The Bertz CT molecular complexity index is 938. The number of hydrogen-bond acceptors (Lipinski definition) is 5. The molecule has 1 aromatic heterocycles. The Kier molecular flexibility index (Phi) is 7.60. The summed E-state index contributed by atoms with van der Waals surface area (Å²) in [5, 5.41) is 4.08. The second kappa shape index (κ2) is 10.6. The molecule has 0 bridgehead atoms. The van der Waals surface area contributed by atoms with Crippen LogP contribution in [0, 0.1) is 5.92 Å². The predicted octanol–water partition coefficient (Wildman–Crippen LogP) is 4.41. The maximum Gasteiger partial charge on any atom is 0.228 e. The van der Waals surface area contributed by atoms with Crippen molar-refractivity contribution in [2.75, 3.05) is 20.2 Å². The summed E-state index contributed by atoms with van der Waals surface area (Å²) in [4.78, 5) is 19.1. The molecule has 0 aliphatic heterocycles. The molecule has 3 aromatic rings. The molecule has 0 atom stereocenters. The number of benzene rings is 2. The van der Waals surface area contributed by atoms with E-state index in [-0.39, 0.29) is 5.91 Å². The van der Waals surface area contributed by atoms with Crippen molar-refractivity contribution in [1.82, 2.24) is 15.0 Å². The lowest BCUT2D eigenvalue weighted by molar-refractivity contribution is -0.132. The Morgan fingerprint density at radius 3 is 2.57 bits per heavy atom. The average Bonchev–Trinajstić information content (AvgIpc) is 3.23. The highest BCUT2D eigenvalue weighted by atomic mass is 16.5. The first kappa shape index (κ1) is 21.6. The van der Waals surface area contributed by atoms with Crippen molar-refractivity contribution < 1.29 is 14.1 Å². The van der Waals surface area contributed by atoms with Gasteiger partial charge in [-0.15, -0.1) is 0 Å². The Labute approximate surface area is 177 Å². The van der Waals surface area contributed by atoms with E-state index in [9.17, 15) is 4.79 Å². The molecule has 0 saturated heterocycles. The van der Waals surface area contributed by atoms with Crippen LogP contribution < -0.4 is 4.74 Å². The van der Waals surface area contributed by atoms with Crippen LogP contribution in [0.15, 0.2) is 59.1 Å². The summed E-state index contributed by atoms with van der Waals surface area (Å²) in [6.07, 6.45) is 1.88. The minimum Gasteiger partial charge on any atom is -0.497 e. The Balaban J connectivity index is 1.64. The van der Waals surface area contributed by atoms with E-state index < -0.39 is 0 Å². The highest BCUT2D eigenvalue weighted by molar-refractivity contribution is 5.76. The zero-order valence-corrected chi connectivity index (χ0v) is 17.9. The molecule has 158 valence electrons. The van der Waals surface area contributed by atoms with Gasteiger partial charge in [-0.25, -0.2) is 0 Å². The van der Waals surface area contributed by atoms with Gasteiger partial charge in [0.2, 0.25) is 17.6 Å². The van der Waals surface area contributed by atoms with Crippen molar-refractivity contribution in [3.63, 3.8) is 0 Å². The fourth-order valence-corrected chi connectivity index (χ4v) is 3.21. The van der Waals surface area contributed by atoms with Gasteiger partial charge in [0.05, 0.1) is 7.11 Å². The Morgan fingerprint density at radius 2 is 1.83 bits per heavy atom. The van der Waals surface area contributed by atoms with E-state index in [1.165, 1.54) is 5.56 Å². The fourth-order valence-electron chi connectivity index (χ4n) is 3.21. The second-order valence-electron chi connectivity index (χ2n) is 7.71. The van der Waals surface area contributed by atoms with E-state index in [2.05, 4.69) is 36.1 Å². The lowest BCUT2D eigenvalue weighted by Gasteiger charge is -2.23. The van der Waals surface area contributed by atoms with Gasteiger partial charge in [-0.2, -0.15) is 4.98 Å². The van der Waals surface area contributed by atoms with Crippen LogP contribution in [0.1, 0.15) is 31.7 Å². The quantitative estimate of drug-likeness (QED) is 0.498. The predicted molar refractivity (Wildman–Crippen MR) is 116 cm³/mol. The molecular weight excluding hydrogens is 378 g/mol. The number of aromatic nitrogens is 2. The number of hydrogen-bond donors (Lipinski definition) is 0. The average molecular weight is 408 g/mol. The standard InChI is InChI=1S/C24H29N3O3/c1-18(2)16-23(28)27(14-12-19-8-5-4-6-9-19)15-13-22-25-24(26-30-22)20-10-7-11-21(17-20)29-3/h4-11,17-18H,12-16H2,1-3H3. The van der Waals surface area contributed by atoms with E-state index >= 15 is 0 Å². The van der Waals surface area contributed by atoms with Gasteiger partial charge in [-0.05, 0) is 30.0 Å². The molecule has 0 radical (unpaired) electrons. The molecule has 0 unspecified atom stereocenters. The van der Waals surface area contributed by atoms with Crippen molar-refractivity contribution in [2.24, 2.45) is 5.92 Å². The first-order valence-electron chi connectivity index (χ1n) is 10.3. The Hall–Kier alpha value is -3.15. The molecule has 0 aliphatic carbocycles. The molecule has 0 N–H and O–H groups in total. The summed E-state index contributed by atoms with van der Waals surface area (Å²) in [5.41, 5.74) is 2.05. The van der Waals surface area contributed by atoms with Gasteiger partial charge in [0.15, 0.2) is 0 Å². The third-order valence-electron chi connectivity index (χ3n) is 4.84. The summed E-state index contributed by atoms with van der Waals surface area (Å²) >= 11 is 0. The molecular formula is C24H29N3O3. The number of carbonyl (C=O) groups is 1. The number of rotatable bonds is 10. The minimum atomic E-state index is 0.161. The molecule has 0 saturated carbocycles. The smallest absolute Gasteiger partial charge is 0.228 e. The highest BCUT2D eigenvalue weighted by Gasteiger charge is 2.17. The van der Waals surface area contributed by atoms with Crippen LogP contribution in [0.4, 0.5) is 0 Å². The third kappa shape index (κ3) is 6.17. The zero-order chi connectivity index (χ0) is 21.3. The summed E-state index contributed by atoms with van der Waals surface area (Å²) < 4.78 is 10.7. The van der Waals surface area contributed by atoms with Gasteiger partial charge >= 0.3 is 0 Å². The molecule has 3 rings (SSSR count). The van der Waals surface area contributed by atoms with Crippen molar-refractivity contribution in [1.29, 1.82) is 0 Å². The summed E-state index contributed by atoms with van der Waals surface area (Å²) in [7, 11) is 1.62. The zero-order valence-electron chi connectivity index (χ0n) is 17.9. The second-order valence-corrected chi connectivity index (χ2v) is 7.71. The van der Waals surface area contributed by atoms with E-state index in [1.54, 1.807) is 7.11 Å². The van der Waals surface area contributed by atoms with Gasteiger partial charge in [-0.3, -0.25) is 4.79 Å². The van der Waals surface area contributed by atoms with Crippen LogP contribution in [0.5, 0.6) is 5.75 Å². The summed E-state index contributed by atoms with van der Waals surface area (Å²) in [6.45, 7) is 5.35. The number of carbonyl (C=O) groups excluding carboxylic acids is 1. The van der Waals surface area contributed by atoms with Crippen molar-refractivity contribution in [3.05, 3.63) is 66.1 Å².